The molecule has 142 valence electrons. The van der Waals surface area contributed by atoms with Crippen molar-refractivity contribution < 1.29 is 9.59 Å². The second kappa shape index (κ2) is 8.91. The van der Waals surface area contributed by atoms with Gasteiger partial charge in [-0.05, 0) is 61.4 Å². The van der Waals surface area contributed by atoms with Crippen LogP contribution in [0.25, 0.3) is 0 Å². The number of benzene rings is 2. The van der Waals surface area contributed by atoms with Crippen molar-refractivity contribution in [1.82, 2.24) is 10.3 Å². The number of pyridine rings is 1. The van der Waals surface area contributed by atoms with Gasteiger partial charge in [0, 0.05) is 15.5 Å². The van der Waals surface area contributed by atoms with Gasteiger partial charge in [0.1, 0.15) is 5.03 Å². The Bertz CT molecular complexity index is 985. The molecule has 3 rings (SSSR count). The summed E-state index contributed by atoms with van der Waals surface area (Å²) in [6, 6.07) is 15.9. The summed E-state index contributed by atoms with van der Waals surface area (Å²) in [4.78, 5) is 29.8. The van der Waals surface area contributed by atoms with E-state index in [0.717, 1.165) is 21.0 Å². The molecule has 5 nitrogen and oxygen atoms in total. The second-order valence-corrected chi connectivity index (χ2v) is 7.65. The van der Waals surface area contributed by atoms with Gasteiger partial charge in [0.2, 0.25) is 0 Å². The number of anilines is 1. The second-order valence-electron chi connectivity index (χ2n) is 6.12. The summed E-state index contributed by atoms with van der Waals surface area (Å²) >= 11 is 7.36. The van der Waals surface area contributed by atoms with Crippen LogP contribution < -0.4 is 10.6 Å². The Morgan fingerprint density at radius 1 is 0.964 bits per heavy atom. The summed E-state index contributed by atoms with van der Waals surface area (Å²) in [5.74, 6) is -0.434. The standard InChI is InChI=1S/C21H18ClN3O2S/c1-13-4-3-5-14(2)19(13)20(26)25-21(27)24-16-8-11-18(23-12-16)28-17-9-6-15(22)7-10-17/h3-12H,1-2H3,(H2,24,25,26,27). The third kappa shape index (κ3) is 5.12. The highest BCUT2D eigenvalue weighted by atomic mass is 35.5. The van der Waals surface area contributed by atoms with Gasteiger partial charge in [0.25, 0.3) is 5.91 Å². The molecule has 0 aliphatic carbocycles. The highest BCUT2D eigenvalue weighted by Gasteiger charge is 2.15. The van der Waals surface area contributed by atoms with Crippen LogP contribution in [0, 0.1) is 13.8 Å². The number of rotatable bonds is 4. The predicted molar refractivity (Wildman–Crippen MR) is 112 cm³/mol. The zero-order chi connectivity index (χ0) is 20.1. The largest absolute Gasteiger partial charge is 0.326 e. The summed E-state index contributed by atoms with van der Waals surface area (Å²) < 4.78 is 0. The number of carbonyl (C=O) groups excluding carboxylic acids is 2. The van der Waals surface area contributed by atoms with Gasteiger partial charge in [-0.15, -0.1) is 0 Å². The van der Waals surface area contributed by atoms with Crippen LogP contribution in [0.5, 0.6) is 0 Å². The van der Waals surface area contributed by atoms with Crippen LogP contribution in [0.4, 0.5) is 10.5 Å². The molecule has 1 aromatic heterocycles. The van der Waals surface area contributed by atoms with E-state index in [1.54, 1.807) is 18.3 Å². The Morgan fingerprint density at radius 2 is 1.64 bits per heavy atom. The van der Waals surface area contributed by atoms with Gasteiger partial charge in [-0.25, -0.2) is 9.78 Å². The summed E-state index contributed by atoms with van der Waals surface area (Å²) in [6.07, 6.45) is 1.54. The van der Waals surface area contributed by atoms with Gasteiger partial charge in [-0.2, -0.15) is 0 Å². The Morgan fingerprint density at radius 3 is 2.25 bits per heavy atom. The lowest BCUT2D eigenvalue weighted by Gasteiger charge is -2.10. The van der Waals surface area contributed by atoms with Crippen LogP contribution in [-0.2, 0) is 0 Å². The molecule has 0 spiro atoms. The van der Waals surface area contributed by atoms with Crippen LogP contribution in [0.2, 0.25) is 5.02 Å². The Labute approximate surface area is 172 Å². The van der Waals surface area contributed by atoms with E-state index in [2.05, 4.69) is 15.6 Å². The molecule has 0 atom stereocenters. The number of hydrogen-bond acceptors (Lipinski definition) is 4. The molecule has 0 saturated carbocycles. The number of nitrogens with zero attached hydrogens (tertiary/aromatic N) is 1. The predicted octanol–water partition coefficient (Wildman–Crippen LogP) is 5.46. The molecule has 0 aliphatic rings. The molecular formula is C21H18ClN3O2S. The van der Waals surface area contributed by atoms with E-state index in [9.17, 15) is 9.59 Å². The molecule has 3 amide bonds. The van der Waals surface area contributed by atoms with Crippen LogP contribution in [-0.4, -0.2) is 16.9 Å². The highest BCUT2D eigenvalue weighted by Crippen LogP contribution is 2.27. The zero-order valence-electron chi connectivity index (χ0n) is 15.3. The van der Waals surface area contributed by atoms with Crippen molar-refractivity contribution in [3.05, 3.63) is 82.5 Å². The molecule has 1 heterocycles. The molecule has 28 heavy (non-hydrogen) atoms. The third-order valence-corrected chi connectivity index (χ3v) is 5.18. The van der Waals surface area contributed by atoms with Gasteiger partial charge in [-0.1, -0.05) is 41.6 Å². The summed E-state index contributed by atoms with van der Waals surface area (Å²) in [7, 11) is 0. The first kappa shape index (κ1) is 19.9. The van der Waals surface area contributed by atoms with Gasteiger partial charge < -0.3 is 5.32 Å². The lowest BCUT2D eigenvalue weighted by atomic mass is 10.0. The minimum atomic E-state index is -0.604. The molecule has 0 radical (unpaired) electrons. The van der Waals surface area contributed by atoms with Crippen molar-refractivity contribution in [2.45, 2.75) is 23.8 Å². The van der Waals surface area contributed by atoms with E-state index in [4.69, 9.17) is 11.6 Å². The molecule has 0 bridgehead atoms. The first-order chi connectivity index (χ1) is 13.4. The van der Waals surface area contributed by atoms with Crippen molar-refractivity contribution >= 4 is 41.0 Å². The molecular weight excluding hydrogens is 394 g/mol. The monoisotopic (exact) mass is 411 g/mol. The normalized spacial score (nSPS) is 10.4. The topological polar surface area (TPSA) is 71.1 Å². The molecule has 0 unspecified atom stereocenters. The zero-order valence-corrected chi connectivity index (χ0v) is 16.9. The molecule has 3 aromatic rings. The first-order valence-electron chi connectivity index (χ1n) is 8.50. The van der Waals surface area contributed by atoms with Crippen molar-refractivity contribution in [1.29, 1.82) is 0 Å². The lowest BCUT2D eigenvalue weighted by Crippen LogP contribution is -2.35. The number of nitrogens with one attached hydrogen (secondary N) is 2. The van der Waals surface area contributed by atoms with Crippen molar-refractivity contribution in [3.8, 4) is 0 Å². The fourth-order valence-corrected chi connectivity index (χ4v) is 3.52. The molecule has 0 aliphatic heterocycles. The lowest BCUT2D eigenvalue weighted by molar-refractivity contribution is 0.0966. The van der Waals surface area contributed by atoms with Crippen molar-refractivity contribution in [2.75, 3.05) is 5.32 Å². The van der Waals surface area contributed by atoms with E-state index in [1.165, 1.54) is 11.8 Å². The van der Waals surface area contributed by atoms with Crippen LogP contribution in [0.15, 0.2) is 70.7 Å². The minimum Gasteiger partial charge on any atom is -0.306 e. The highest BCUT2D eigenvalue weighted by molar-refractivity contribution is 7.99. The summed E-state index contributed by atoms with van der Waals surface area (Å²) in [6.45, 7) is 3.67. The van der Waals surface area contributed by atoms with Crippen molar-refractivity contribution in [2.24, 2.45) is 0 Å². The van der Waals surface area contributed by atoms with E-state index >= 15 is 0 Å². The van der Waals surface area contributed by atoms with Gasteiger partial charge >= 0.3 is 6.03 Å². The quantitative estimate of drug-likeness (QED) is 0.597. The fraction of sp³-hybridized carbons (Fsp3) is 0.0952. The number of hydrogen-bond donors (Lipinski definition) is 2. The maximum atomic E-state index is 12.4. The average Bonchev–Trinajstić information content (AvgIpc) is 2.65. The van der Waals surface area contributed by atoms with Gasteiger partial charge in [0.15, 0.2) is 0 Å². The van der Waals surface area contributed by atoms with E-state index in [-0.39, 0.29) is 0 Å². The van der Waals surface area contributed by atoms with Crippen LogP contribution >= 0.6 is 23.4 Å². The smallest absolute Gasteiger partial charge is 0.306 e. The van der Waals surface area contributed by atoms with Crippen LogP contribution in [0.3, 0.4) is 0 Å². The molecule has 2 N–H and O–H groups in total. The number of halogens is 1. The molecule has 2 aromatic carbocycles. The molecule has 0 fully saturated rings. The van der Waals surface area contributed by atoms with Gasteiger partial charge in [0.05, 0.1) is 11.9 Å². The average molecular weight is 412 g/mol. The Balaban J connectivity index is 1.60. The number of aromatic nitrogens is 1. The number of aryl methyl sites for hydroxylation is 2. The molecule has 0 saturated heterocycles. The Hall–Kier alpha value is -2.83. The SMILES string of the molecule is Cc1cccc(C)c1C(=O)NC(=O)Nc1ccc(Sc2ccc(Cl)cc2)nc1. The number of carbonyl (C=O) groups is 2. The van der Waals surface area contributed by atoms with E-state index < -0.39 is 11.9 Å². The van der Waals surface area contributed by atoms with E-state index in [0.29, 0.717) is 16.3 Å². The first-order valence-corrected chi connectivity index (χ1v) is 9.70. The number of imide groups is 1. The number of urea groups is 1. The number of amides is 3. The maximum Gasteiger partial charge on any atom is 0.326 e. The van der Waals surface area contributed by atoms with Crippen LogP contribution in [0.1, 0.15) is 21.5 Å². The van der Waals surface area contributed by atoms with E-state index in [1.807, 2.05) is 56.3 Å². The summed E-state index contributed by atoms with van der Waals surface area (Å²) in [5, 5.41) is 6.43. The van der Waals surface area contributed by atoms with Crippen molar-refractivity contribution in [3.63, 3.8) is 0 Å². The minimum absolute atomic E-state index is 0.434. The van der Waals surface area contributed by atoms with Gasteiger partial charge in [-0.3, -0.25) is 10.1 Å². The maximum absolute atomic E-state index is 12.4. The third-order valence-electron chi connectivity index (χ3n) is 3.97. The summed E-state index contributed by atoms with van der Waals surface area (Å²) in [5.41, 5.74) is 2.63. The Kier molecular flexibility index (Phi) is 6.34. The molecule has 7 heteroatoms. The fourth-order valence-electron chi connectivity index (χ4n) is 2.64.